The molecule has 0 aliphatic carbocycles. The quantitative estimate of drug-likeness (QED) is 0.139. The minimum atomic E-state index is -1.72. The van der Waals surface area contributed by atoms with Crippen LogP contribution in [0.4, 0.5) is 0 Å². The molecule has 0 saturated heterocycles. The van der Waals surface area contributed by atoms with Gasteiger partial charge in [0.1, 0.15) is 23.2 Å². The zero-order chi connectivity index (χ0) is 20.2. The van der Waals surface area contributed by atoms with Gasteiger partial charge in [0.2, 0.25) is 0 Å². The number of benzene rings is 3. The molecule has 0 spiro atoms. The third kappa shape index (κ3) is 5.81. The van der Waals surface area contributed by atoms with Gasteiger partial charge in [-0.1, -0.05) is 79.6 Å². The minimum Gasteiger partial charge on any atom is -0.127 e. The highest BCUT2D eigenvalue weighted by molar-refractivity contribution is 7.95. The van der Waals surface area contributed by atoms with E-state index in [4.69, 9.17) is 11.6 Å². The second-order valence-electron chi connectivity index (χ2n) is 7.36. The van der Waals surface area contributed by atoms with Crippen LogP contribution in [-0.4, -0.2) is 12.0 Å². The lowest BCUT2D eigenvalue weighted by Gasteiger charge is -2.26. The summed E-state index contributed by atoms with van der Waals surface area (Å²) in [4.78, 5) is 0. The Bertz CT molecular complexity index is 747. The van der Waals surface area contributed by atoms with E-state index >= 15 is 0 Å². The molecule has 0 unspecified atom stereocenters. The van der Waals surface area contributed by atoms with Gasteiger partial charge in [0, 0.05) is 5.88 Å². The summed E-state index contributed by atoms with van der Waals surface area (Å²) in [6.45, 7) is 0. The second kappa shape index (κ2) is 12.0. The van der Waals surface area contributed by atoms with Gasteiger partial charge in [-0.15, -0.1) is 11.6 Å². The van der Waals surface area contributed by atoms with E-state index in [9.17, 15) is 0 Å². The Hall–Kier alpha value is -1.88. The Morgan fingerprint density at radius 2 is 1.00 bits per heavy atom. The second-order valence-corrected chi connectivity index (χ2v) is 11.3. The van der Waals surface area contributed by atoms with Crippen LogP contribution >= 0.6 is 18.9 Å². The van der Waals surface area contributed by atoms with Crippen molar-refractivity contribution in [2.45, 2.75) is 32.1 Å². The average Bonchev–Trinajstić information content (AvgIpc) is 2.80. The summed E-state index contributed by atoms with van der Waals surface area (Å²) in [5.74, 6) is 0.786. The predicted molar refractivity (Wildman–Crippen MR) is 133 cm³/mol. The summed E-state index contributed by atoms with van der Waals surface area (Å²) >= 11 is 5.78. The van der Waals surface area contributed by atoms with Crippen LogP contribution in [0.1, 0.15) is 32.1 Å². The molecule has 0 fully saturated rings. The number of halogens is 1. The maximum atomic E-state index is 5.78. The molecule has 150 valence electrons. The smallest absolute Gasteiger partial charge is 0.115 e. The Morgan fingerprint density at radius 3 is 1.45 bits per heavy atom. The first-order valence-corrected chi connectivity index (χ1v) is 13.1. The third-order valence-electron chi connectivity index (χ3n) is 5.39. The molecule has 3 rings (SSSR count). The van der Waals surface area contributed by atoms with Crippen molar-refractivity contribution in [1.82, 2.24) is 0 Å². The normalized spacial score (nSPS) is 11.8. The van der Waals surface area contributed by atoms with Crippen molar-refractivity contribution >= 4 is 34.8 Å². The average molecular weight is 422 g/mol. The number of rotatable bonds is 11. The summed E-state index contributed by atoms with van der Waals surface area (Å²) in [5, 5.41) is 4.34. The van der Waals surface area contributed by atoms with Crippen molar-refractivity contribution in [3.05, 3.63) is 103 Å². The molecule has 0 N–H and O–H groups in total. The number of allylic oxidation sites excluding steroid dienone is 2. The Morgan fingerprint density at radius 1 is 0.552 bits per heavy atom. The molecule has 0 heterocycles. The van der Waals surface area contributed by atoms with E-state index in [1.54, 1.807) is 0 Å². The predicted octanol–water partition coefficient (Wildman–Crippen LogP) is 6.73. The number of hydrogen-bond acceptors (Lipinski definition) is 0. The van der Waals surface area contributed by atoms with E-state index in [0.717, 1.165) is 24.9 Å². The van der Waals surface area contributed by atoms with E-state index in [-0.39, 0.29) is 0 Å². The van der Waals surface area contributed by atoms with Crippen LogP contribution in [0.2, 0.25) is 0 Å². The van der Waals surface area contributed by atoms with E-state index in [0.29, 0.717) is 0 Å². The highest BCUT2D eigenvalue weighted by Gasteiger charge is 2.43. The summed E-state index contributed by atoms with van der Waals surface area (Å²) < 4.78 is 0. The molecule has 2 heteroatoms. The van der Waals surface area contributed by atoms with Gasteiger partial charge >= 0.3 is 0 Å². The molecule has 0 aliphatic heterocycles. The lowest BCUT2D eigenvalue weighted by atomic mass is 10.1. The number of hydrogen-bond donors (Lipinski definition) is 0. The van der Waals surface area contributed by atoms with Gasteiger partial charge < -0.3 is 0 Å². The highest BCUT2D eigenvalue weighted by atomic mass is 35.5. The van der Waals surface area contributed by atoms with Gasteiger partial charge in [-0.3, -0.25) is 0 Å². The molecular weight excluding hydrogens is 391 g/mol. The van der Waals surface area contributed by atoms with Crippen LogP contribution in [0.15, 0.2) is 103 Å². The third-order valence-corrected chi connectivity index (χ3v) is 9.96. The van der Waals surface area contributed by atoms with Gasteiger partial charge in [0.15, 0.2) is 0 Å². The SMILES string of the molecule is ClCCCCCCC=CC[P+](c1ccccc1)(c1ccccc1)c1ccccc1. The van der Waals surface area contributed by atoms with E-state index in [2.05, 4.69) is 103 Å². The summed E-state index contributed by atoms with van der Waals surface area (Å²) in [7, 11) is -1.72. The summed E-state index contributed by atoms with van der Waals surface area (Å²) in [6.07, 6.45) is 11.9. The first kappa shape index (κ1) is 21.8. The Balaban J connectivity index is 1.91. The van der Waals surface area contributed by atoms with Crippen LogP contribution in [0, 0.1) is 0 Å². The zero-order valence-electron chi connectivity index (χ0n) is 17.1. The fraction of sp³-hybridized carbons (Fsp3) is 0.259. The van der Waals surface area contributed by atoms with Crippen molar-refractivity contribution in [2.24, 2.45) is 0 Å². The summed E-state index contributed by atoms with van der Waals surface area (Å²) in [5.41, 5.74) is 0. The zero-order valence-corrected chi connectivity index (χ0v) is 18.7. The van der Waals surface area contributed by atoms with Gasteiger partial charge in [0.05, 0.1) is 6.16 Å². The molecule has 29 heavy (non-hydrogen) atoms. The molecule has 0 radical (unpaired) electrons. The monoisotopic (exact) mass is 421 g/mol. The van der Waals surface area contributed by atoms with Crippen molar-refractivity contribution in [3.8, 4) is 0 Å². The molecule has 3 aromatic rings. The lowest BCUT2D eigenvalue weighted by Crippen LogP contribution is -2.32. The standard InChI is InChI=1S/C27H31ClP/c28-23-15-4-2-1-3-5-16-24-29(25-17-9-6-10-18-25,26-19-11-7-12-20-26)27-21-13-8-14-22-27/h5-14,16-22H,1-4,15,23-24H2/q+1. The largest absolute Gasteiger partial charge is 0.127 e. The van der Waals surface area contributed by atoms with Crippen LogP contribution in [0.3, 0.4) is 0 Å². The van der Waals surface area contributed by atoms with Gasteiger partial charge in [-0.05, 0) is 55.7 Å². The molecule has 0 bridgehead atoms. The van der Waals surface area contributed by atoms with Crippen LogP contribution in [0.25, 0.3) is 0 Å². The maximum Gasteiger partial charge on any atom is 0.115 e. The topological polar surface area (TPSA) is 0 Å². The van der Waals surface area contributed by atoms with Crippen LogP contribution < -0.4 is 15.9 Å². The fourth-order valence-electron chi connectivity index (χ4n) is 3.87. The van der Waals surface area contributed by atoms with Crippen LogP contribution in [0.5, 0.6) is 0 Å². The van der Waals surface area contributed by atoms with Gasteiger partial charge in [-0.25, -0.2) is 0 Å². The van der Waals surface area contributed by atoms with E-state index in [1.165, 1.54) is 35.2 Å². The van der Waals surface area contributed by atoms with Crippen LogP contribution in [-0.2, 0) is 0 Å². The molecule has 0 saturated carbocycles. The van der Waals surface area contributed by atoms with Crippen molar-refractivity contribution in [3.63, 3.8) is 0 Å². The summed E-state index contributed by atoms with van der Waals surface area (Å²) in [6, 6.07) is 33.3. The van der Waals surface area contributed by atoms with Crippen molar-refractivity contribution < 1.29 is 0 Å². The lowest BCUT2D eigenvalue weighted by molar-refractivity contribution is 0.676. The van der Waals surface area contributed by atoms with E-state index in [1.807, 2.05) is 0 Å². The van der Waals surface area contributed by atoms with Crippen molar-refractivity contribution in [1.29, 1.82) is 0 Å². The molecular formula is C27H31ClP+. The molecule has 3 aromatic carbocycles. The number of unbranched alkanes of at least 4 members (excludes halogenated alkanes) is 4. The van der Waals surface area contributed by atoms with Crippen molar-refractivity contribution in [2.75, 3.05) is 12.0 Å². The fourth-order valence-corrected chi connectivity index (χ4v) is 8.10. The first-order chi connectivity index (χ1) is 14.4. The molecule has 0 amide bonds. The highest BCUT2D eigenvalue weighted by Crippen LogP contribution is 2.55. The maximum absolute atomic E-state index is 5.78. The Labute approximate surface area is 182 Å². The molecule has 0 aromatic heterocycles. The first-order valence-electron chi connectivity index (χ1n) is 10.6. The van der Waals surface area contributed by atoms with Gasteiger partial charge in [-0.2, -0.15) is 0 Å². The minimum absolute atomic E-state index is 0.786. The molecule has 0 aliphatic rings. The van der Waals surface area contributed by atoms with E-state index < -0.39 is 7.26 Å². The molecule has 0 nitrogen and oxygen atoms in total. The Kier molecular flexibility index (Phi) is 9.00. The molecule has 0 atom stereocenters. The van der Waals surface area contributed by atoms with Gasteiger partial charge in [0.25, 0.3) is 0 Å². The number of alkyl halides is 1.